The number of anilines is 2. The van der Waals surface area contributed by atoms with Crippen LogP contribution in [0.4, 0.5) is 10.8 Å². The zero-order chi connectivity index (χ0) is 15.9. The standard InChI is InChI=1S/C15H20N4O2S/c1-10(2)14(20)17-12-6-4-11(5-7-12)8-16-15-18-13(9-21-3)19-22-15/h4-7,10H,8-9H2,1-3H3,(H,17,20)(H,16,18,19). The van der Waals surface area contributed by atoms with Crippen molar-refractivity contribution in [2.24, 2.45) is 5.92 Å². The van der Waals surface area contributed by atoms with E-state index in [1.165, 1.54) is 11.5 Å². The lowest BCUT2D eigenvalue weighted by Gasteiger charge is -2.08. The summed E-state index contributed by atoms with van der Waals surface area (Å²) in [5, 5.41) is 6.85. The Bertz CT molecular complexity index is 610. The Hall–Kier alpha value is -1.99. The Balaban J connectivity index is 1.86. The lowest BCUT2D eigenvalue weighted by atomic mass is 10.1. The van der Waals surface area contributed by atoms with Crippen molar-refractivity contribution in [3.8, 4) is 0 Å². The smallest absolute Gasteiger partial charge is 0.226 e. The van der Waals surface area contributed by atoms with Crippen LogP contribution in [0.2, 0.25) is 0 Å². The third-order valence-electron chi connectivity index (χ3n) is 2.93. The van der Waals surface area contributed by atoms with Crippen LogP contribution in [0.25, 0.3) is 0 Å². The summed E-state index contributed by atoms with van der Waals surface area (Å²) in [6.45, 7) is 4.81. The fourth-order valence-corrected chi connectivity index (χ4v) is 2.25. The van der Waals surface area contributed by atoms with E-state index in [0.29, 0.717) is 19.0 Å². The summed E-state index contributed by atoms with van der Waals surface area (Å²) in [6.07, 6.45) is 0. The minimum Gasteiger partial charge on any atom is -0.377 e. The van der Waals surface area contributed by atoms with Crippen molar-refractivity contribution in [1.29, 1.82) is 0 Å². The van der Waals surface area contributed by atoms with Crippen molar-refractivity contribution in [2.75, 3.05) is 17.7 Å². The molecule has 0 bridgehead atoms. The maximum atomic E-state index is 11.6. The number of nitrogens with one attached hydrogen (secondary N) is 2. The number of aromatic nitrogens is 2. The molecule has 0 aliphatic rings. The van der Waals surface area contributed by atoms with Gasteiger partial charge in [0.25, 0.3) is 0 Å². The first-order valence-corrected chi connectivity index (χ1v) is 7.81. The van der Waals surface area contributed by atoms with Gasteiger partial charge in [-0.2, -0.15) is 4.37 Å². The molecule has 1 aromatic carbocycles. The van der Waals surface area contributed by atoms with Gasteiger partial charge < -0.3 is 15.4 Å². The van der Waals surface area contributed by atoms with Gasteiger partial charge in [-0.25, -0.2) is 4.98 Å². The molecule has 22 heavy (non-hydrogen) atoms. The third kappa shape index (κ3) is 4.78. The fraction of sp³-hybridized carbons (Fsp3) is 0.400. The second kappa shape index (κ2) is 7.86. The van der Waals surface area contributed by atoms with Crippen LogP contribution in [0, 0.1) is 5.92 Å². The van der Waals surface area contributed by atoms with Gasteiger partial charge in [-0.15, -0.1) is 0 Å². The normalized spacial score (nSPS) is 10.7. The monoisotopic (exact) mass is 320 g/mol. The van der Waals surface area contributed by atoms with Gasteiger partial charge in [0.2, 0.25) is 11.0 Å². The molecule has 7 heteroatoms. The lowest BCUT2D eigenvalue weighted by Crippen LogP contribution is -2.17. The van der Waals surface area contributed by atoms with E-state index in [1.807, 2.05) is 38.1 Å². The number of hydrogen-bond donors (Lipinski definition) is 2. The minimum atomic E-state index is -0.0277. The molecule has 0 saturated heterocycles. The quantitative estimate of drug-likeness (QED) is 0.820. The van der Waals surface area contributed by atoms with E-state index in [-0.39, 0.29) is 11.8 Å². The lowest BCUT2D eigenvalue weighted by molar-refractivity contribution is -0.118. The van der Waals surface area contributed by atoms with E-state index < -0.39 is 0 Å². The van der Waals surface area contributed by atoms with Gasteiger partial charge in [0.15, 0.2) is 5.82 Å². The van der Waals surface area contributed by atoms with E-state index in [9.17, 15) is 4.79 Å². The molecule has 0 fully saturated rings. The van der Waals surface area contributed by atoms with Gasteiger partial charge in [0.1, 0.15) is 6.61 Å². The predicted molar refractivity (Wildman–Crippen MR) is 87.9 cm³/mol. The van der Waals surface area contributed by atoms with E-state index in [4.69, 9.17) is 4.74 Å². The highest BCUT2D eigenvalue weighted by Crippen LogP contribution is 2.15. The molecule has 1 heterocycles. The fourth-order valence-electron chi connectivity index (χ4n) is 1.68. The average Bonchev–Trinajstić information content (AvgIpc) is 2.94. The van der Waals surface area contributed by atoms with E-state index in [0.717, 1.165) is 16.4 Å². The van der Waals surface area contributed by atoms with Crippen molar-refractivity contribution in [1.82, 2.24) is 9.36 Å². The van der Waals surface area contributed by atoms with Gasteiger partial charge in [0, 0.05) is 36.8 Å². The molecule has 1 amide bonds. The van der Waals surface area contributed by atoms with Crippen molar-refractivity contribution >= 4 is 28.3 Å². The van der Waals surface area contributed by atoms with E-state index in [1.54, 1.807) is 7.11 Å². The SMILES string of the molecule is COCc1nsc(NCc2ccc(NC(=O)C(C)C)cc2)n1. The number of nitrogens with zero attached hydrogens (tertiary/aromatic N) is 2. The first kappa shape index (κ1) is 16.4. The molecule has 2 aromatic rings. The molecule has 0 saturated carbocycles. The molecule has 118 valence electrons. The third-order valence-corrected chi connectivity index (χ3v) is 3.64. The summed E-state index contributed by atoms with van der Waals surface area (Å²) >= 11 is 1.31. The zero-order valence-electron chi connectivity index (χ0n) is 12.9. The first-order chi connectivity index (χ1) is 10.6. The molecular weight excluding hydrogens is 300 g/mol. The van der Waals surface area contributed by atoms with Crippen molar-refractivity contribution in [2.45, 2.75) is 27.0 Å². The number of carbonyl (C=O) groups excluding carboxylic acids is 1. The van der Waals surface area contributed by atoms with E-state index >= 15 is 0 Å². The van der Waals surface area contributed by atoms with E-state index in [2.05, 4.69) is 20.0 Å². The second-order valence-corrected chi connectivity index (χ2v) is 5.90. The maximum Gasteiger partial charge on any atom is 0.226 e. The summed E-state index contributed by atoms with van der Waals surface area (Å²) in [6, 6.07) is 7.74. The number of amides is 1. The average molecular weight is 320 g/mol. The van der Waals surface area contributed by atoms with Gasteiger partial charge in [-0.1, -0.05) is 26.0 Å². The first-order valence-electron chi connectivity index (χ1n) is 7.03. The summed E-state index contributed by atoms with van der Waals surface area (Å²) in [4.78, 5) is 15.9. The predicted octanol–water partition coefficient (Wildman–Crippen LogP) is 2.89. The van der Waals surface area contributed by atoms with Crippen LogP contribution in [0.15, 0.2) is 24.3 Å². The number of benzene rings is 1. The Labute approximate surface area is 134 Å². The largest absolute Gasteiger partial charge is 0.377 e. The number of ether oxygens (including phenoxy) is 1. The van der Waals surface area contributed by atoms with Gasteiger partial charge in [-0.3, -0.25) is 4.79 Å². The van der Waals surface area contributed by atoms with Gasteiger partial charge >= 0.3 is 0 Å². The Morgan fingerprint density at radius 1 is 1.32 bits per heavy atom. The summed E-state index contributed by atoms with van der Waals surface area (Å²) in [5.41, 5.74) is 1.91. The highest BCUT2D eigenvalue weighted by molar-refractivity contribution is 7.09. The van der Waals surface area contributed by atoms with Crippen LogP contribution in [-0.2, 0) is 22.7 Å². The van der Waals surface area contributed by atoms with Crippen LogP contribution in [0.1, 0.15) is 25.2 Å². The second-order valence-electron chi connectivity index (χ2n) is 5.14. The molecule has 2 N–H and O–H groups in total. The molecule has 0 spiro atoms. The van der Waals surface area contributed by atoms with Crippen LogP contribution in [-0.4, -0.2) is 22.4 Å². The van der Waals surface area contributed by atoms with Crippen molar-refractivity contribution in [3.63, 3.8) is 0 Å². The number of rotatable bonds is 7. The van der Waals surface area contributed by atoms with Crippen molar-refractivity contribution < 1.29 is 9.53 Å². The summed E-state index contributed by atoms with van der Waals surface area (Å²) in [7, 11) is 1.62. The summed E-state index contributed by atoms with van der Waals surface area (Å²) < 4.78 is 9.16. The Morgan fingerprint density at radius 3 is 2.68 bits per heavy atom. The maximum absolute atomic E-state index is 11.6. The molecule has 0 atom stereocenters. The zero-order valence-corrected chi connectivity index (χ0v) is 13.7. The molecule has 2 rings (SSSR count). The van der Waals surface area contributed by atoms with Gasteiger partial charge in [0.05, 0.1) is 0 Å². The van der Waals surface area contributed by atoms with Crippen molar-refractivity contribution in [3.05, 3.63) is 35.7 Å². The molecular formula is C15H20N4O2S. The van der Waals surface area contributed by atoms with Crippen LogP contribution >= 0.6 is 11.5 Å². The highest BCUT2D eigenvalue weighted by Gasteiger charge is 2.07. The highest BCUT2D eigenvalue weighted by atomic mass is 32.1. The number of carbonyl (C=O) groups is 1. The number of hydrogen-bond acceptors (Lipinski definition) is 6. The minimum absolute atomic E-state index is 0.0189. The van der Waals surface area contributed by atoms with Crippen LogP contribution in [0.5, 0.6) is 0 Å². The summed E-state index contributed by atoms with van der Waals surface area (Å²) in [5.74, 6) is 0.673. The molecule has 0 aliphatic heterocycles. The molecule has 1 aromatic heterocycles. The Morgan fingerprint density at radius 2 is 2.05 bits per heavy atom. The number of methoxy groups -OCH3 is 1. The Kier molecular flexibility index (Phi) is 5.85. The molecule has 6 nitrogen and oxygen atoms in total. The van der Waals surface area contributed by atoms with Gasteiger partial charge in [-0.05, 0) is 17.7 Å². The molecule has 0 radical (unpaired) electrons. The van der Waals surface area contributed by atoms with Crippen LogP contribution < -0.4 is 10.6 Å². The molecule has 0 aliphatic carbocycles. The molecule has 0 unspecified atom stereocenters. The van der Waals surface area contributed by atoms with Crippen LogP contribution in [0.3, 0.4) is 0 Å². The topological polar surface area (TPSA) is 76.1 Å².